The maximum atomic E-state index is 13.0. The molecular weight excluding hydrogens is 245 g/mol. The third-order valence-corrected chi connectivity index (χ3v) is 3.08. The highest BCUT2D eigenvalue weighted by Crippen LogP contribution is 2.33. The molecule has 0 unspecified atom stereocenters. The molecule has 3 nitrogen and oxygen atoms in total. The number of ether oxygens (including phenoxy) is 1. The Morgan fingerprint density at radius 2 is 2.12 bits per heavy atom. The number of hydrogen-bond acceptors (Lipinski definition) is 3. The van der Waals surface area contributed by atoms with Crippen LogP contribution in [0.5, 0.6) is 0 Å². The van der Waals surface area contributed by atoms with E-state index in [4.69, 9.17) is 17.3 Å². The molecule has 0 aliphatic carbocycles. The van der Waals surface area contributed by atoms with Crippen LogP contribution in [0.1, 0.15) is 25.5 Å². The molecular formula is C12H15ClFNO2. The van der Waals surface area contributed by atoms with Gasteiger partial charge in [-0.05, 0) is 31.5 Å². The van der Waals surface area contributed by atoms with Gasteiger partial charge in [0.1, 0.15) is 5.82 Å². The second-order valence-electron chi connectivity index (χ2n) is 4.36. The second-order valence-corrected chi connectivity index (χ2v) is 4.77. The highest BCUT2D eigenvalue weighted by atomic mass is 35.5. The first-order valence-electron chi connectivity index (χ1n) is 5.09. The number of methoxy groups -OCH3 is 1. The summed E-state index contributed by atoms with van der Waals surface area (Å²) in [6, 6.07) is 3.54. The Balaban J connectivity index is 3.07. The first-order valence-corrected chi connectivity index (χ1v) is 5.47. The summed E-state index contributed by atoms with van der Waals surface area (Å²) < 4.78 is 17.7. The van der Waals surface area contributed by atoms with Crippen LogP contribution in [0.2, 0.25) is 5.02 Å². The predicted octanol–water partition coefficient (Wildman–Crippen LogP) is 2.68. The first-order chi connectivity index (χ1) is 7.80. The number of carbonyl (C=O) groups excluding carboxylic acids is 1. The zero-order valence-corrected chi connectivity index (χ0v) is 10.7. The topological polar surface area (TPSA) is 52.3 Å². The van der Waals surface area contributed by atoms with Crippen molar-refractivity contribution in [3.63, 3.8) is 0 Å². The Morgan fingerprint density at radius 1 is 1.53 bits per heavy atom. The van der Waals surface area contributed by atoms with Crippen LogP contribution in [0.25, 0.3) is 0 Å². The van der Waals surface area contributed by atoms with Crippen LogP contribution in [0.15, 0.2) is 18.2 Å². The normalized spacial score (nSPS) is 13.3. The molecule has 17 heavy (non-hydrogen) atoms. The van der Waals surface area contributed by atoms with Crippen molar-refractivity contribution >= 4 is 17.6 Å². The fourth-order valence-corrected chi connectivity index (χ4v) is 1.70. The minimum atomic E-state index is -0.907. The van der Waals surface area contributed by atoms with E-state index in [2.05, 4.69) is 4.74 Å². The van der Waals surface area contributed by atoms with Crippen LogP contribution >= 0.6 is 11.6 Å². The van der Waals surface area contributed by atoms with Crippen molar-refractivity contribution in [2.45, 2.75) is 19.9 Å². The van der Waals surface area contributed by atoms with Gasteiger partial charge in [-0.25, -0.2) is 4.39 Å². The third kappa shape index (κ3) is 2.76. The number of halogens is 2. The van der Waals surface area contributed by atoms with E-state index in [1.807, 2.05) is 0 Å². The van der Waals surface area contributed by atoms with E-state index in [1.165, 1.54) is 25.3 Å². The van der Waals surface area contributed by atoms with Crippen LogP contribution in [-0.2, 0) is 9.53 Å². The fraction of sp³-hybridized carbons (Fsp3) is 0.417. The molecule has 1 rings (SSSR count). The van der Waals surface area contributed by atoms with Gasteiger partial charge in [0.25, 0.3) is 0 Å². The molecule has 1 atom stereocenters. The third-order valence-electron chi connectivity index (χ3n) is 2.79. The number of rotatable bonds is 3. The lowest BCUT2D eigenvalue weighted by atomic mass is 9.81. The zero-order chi connectivity index (χ0) is 13.2. The summed E-state index contributed by atoms with van der Waals surface area (Å²) in [6.45, 7) is 3.33. The average molecular weight is 260 g/mol. The molecule has 0 spiro atoms. The van der Waals surface area contributed by atoms with E-state index >= 15 is 0 Å². The Hall–Kier alpha value is -1.13. The Labute approximate surface area is 105 Å². The van der Waals surface area contributed by atoms with Gasteiger partial charge in [0.05, 0.1) is 17.5 Å². The van der Waals surface area contributed by atoms with Gasteiger partial charge in [0.15, 0.2) is 0 Å². The maximum absolute atomic E-state index is 13.0. The zero-order valence-electron chi connectivity index (χ0n) is 9.96. The molecule has 2 N–H and O–H groups in total. The SMILES string of the molecule is COC(=O)C(C)(C)[C@H](N)c1ccc(F)c(Cl)c1. The van der Waals surface area contributed by atoms with Crippen molar-refractivity contribution in [3.8, 4) is 0 Å². The molecule has 0 bridgehead atoms. The van der Waals surface area contributed by atoms with Gasteiger partial charge in [0.2, 0.25) is 0 Å². The largest absolute Gasteiger partial charge is 0.469 e. The predicted molar refractivity (Wildman–Crippen MR) is 64.1 cm³/mol. The molecule has 1 aromatic carbocycles. The second kappa shape index (κ2) is 5.02. The molecule has 0 saturated heterocycles. The van der Waals surface area contributed by atoms with Crippen LogP contribution in [0, 0.1) is 11.2 Å². The fourth-order valence-electron chi connectivity index (χ4n) is 1.51. The van der Waals surface area contributed by atoms with E-state index in [1.54, 1.807) is 13.8 Å². The molecule has 0 aromatic heterocycles. The summed E-state index contributed by atoms with van der Waals surface area (Å²) in [5.41, 5.74) is 5.67. The van der Waals surface area contributed by atoms with Gasteiger partial charge in [-0.1, -0.05) is 17.7 Å². The lowest BCUT2D eigenvalue weighted by Crippen LogP contribution is -2.37. The van der Waals surface area contributed by atoms with Gasteiger partial charge < -0.3 is 10.5 Å². The molecule has 0 amide bonds. The van der Waals surface area contributed by atoms with Crippen molar-refractivity contribution in [1.29, 1.82) is 0 Å². The number of carbonyl (C=O) groups is 1. The maximum Gasteiger partial charge on any atom is 0.313 e. The lowest BCUT2D eigenvalue weighted by Gasteiger charge is -2.29. The summed E-state index contributed by atoms with van der Waals surface area (Å²) >= 11 is 5.67. The van der Waals surface area contributed by atoms with E-state index in [-0.39, 0.29) is 5.02 Å². The summed E-state index contributed by atoms with van der Waals surface area (Å²) in [6.07, 6.45) is 0. The van der Waals surface area contributed by atoms with Crippen molar-refractivity contribution in [3.05, 3.63) is 34.6 Å². The van der Waals surface area contributed by atoms with Crippen molar-refractivity contribution in [2.24, 2.45) is 11.1 Å². The van der Waals surface area contributed by atoms with Crippen LogP contribution in [0.3, 0.4) is 0 Å². The Bertz CT molecular complexity index is 435. The smallest absolute Gasteiger partial charge is 0.313 e. The van der Waals surface area contributed by atoms with Crippen LogP contribution < -0.4 is 5.73 Å². The molecule has 0 aliphatic rings. The molecule has 0 fully saturated rings. The van der Waals surface area contributed by atoms with Gasteiger partial charge in [-0.15, -0.1) is 0 Å². The summed E-state index contributed by atoms with van der Waals surface area (Å²) in [5, 5.41) is -0.0152. The molecule has 0 aliphatic heterocycles. The minimum Gasteiger partial charge on any atom is -0.469 e. The minimum absolute atomic E-state index is 0.0152. The average Bonchev–Trinajstić information content (AvgIpc) is 2.30. The Kier molecular flexibility index (Phi) is 4.11. The van der Waals surface area contributed by atoms with E-state index in [0.717, 1.165) is 0 Å². The monoisotopic (exact) mass is 259 g/mol. The van der Waals surface area contributed by atoms with Crippen LogP contribution in [-0.4, -0.2) is 13.1 Å². The molecule has 0 saturated carbocycles. The molecule has 0 radical (unpaired) electrons. The lowest BCUT2D eigenvalue weighted by molar-refractivity contribution is -0.152. The number of nitrogens with two attached hydrogens (primary N) is 1. The highest BCUT2D eigenvalue weighted by Gasteiger charge is 2.36. The van der Waals surface area contributed by atoms with Crippen molar-refractivity contribution in [2.75, 3.05) is 7.11 Å². The van der Waals surface area contributed by atoms with Gasteiger partial charge in [-0.3, -0.25) is 4.79 Å². The number of esters is 1. The highest BCUT2D eigenvalue weighted by molar-refractivity contribution is 6.30. The molecule has 0 heterocycles. The van der Waals surface area contributed by atoms with Gasteiger partial charge in [-0.2, -0.15) is 0 Å². The molecule has 1 aromatic rings. The van der Waals surface area contributed by atoms with Crippen molar-refractivity contribution < 1.29 is 13.9 Å². The number of benzene rings is 1. The number of hydrogen-bond donors (Lipinski definition) is 1. The summed E-state index contributed by atoms with van der Waals surface area (Å²) in [7, 11) is 1.30. The van der Waals surface area contributed by atoms with Gasteiger partial charge >= 0.3 is 5.97 Å². The van der Waals surface area contributed by atoms with Crippen LogP contribution in [0.4, 0.5) is 4.39 Å². The Morgan fingerprint density at radius 3 is 2.59 bits per heavy atom. The standard InChI is InChI=1S/C12H15ClFNO2/c1-12(2,11(16)17-3)10(15)7-4-5-9(14)8(13)6-7/h4-6,10H,15H2,1-3H3/t10-/m1/s1. The van der Waals surface area contributed by atoms with E-state index in [9.17, 15) is 9.18 Å². The van der Waals surface area contributed by atoms with E-state index < -0.39 is 23.2 Å². The van der Waals surface area contributed by atoms with Gasteiger partial charge in [0, 0.05) is 6.04 Å². The summed E-state index contributed by atoms with van der Waals surface area (Å²) in [4.78, 5) is 11.6. The van der Waals surface area contributed by atoms with Crippen molar-refractivity contribution in [1.82, 2.24) is 0 Å². The van der Waals surface area contributed by atoms with E-state index in [0.29, 0.717) is 5.56 Å². The molecule has 94 valence electrons. The quantitative estimate of drug-likeness (QED) is 0.849. The first kappa shape index (κ1) is 13.9. The summed E-state index contributed by atoms with van der Waals surface area (Å²) in [5.74, 6) is -0.941. The molecule has 5 heteroatoms.